The Kier molecular flexibility index (Phi) is 3.81. The number of hydrogen-bond donors (Lipinski definition) is 1. The number of nitrogens with zero attached hydrogens (tertiary/aromatic N) is 2. The molecule has 2 aromatic rings. The summed E-state index contributed by atoms with van der Waals surface area (Å²) in [6, 6.07) is 8.45. The van der Waals surface area contributed by atoms with Gasteiger partial charge in [-0.05, 0) is 24.3 Å². The van der Waals surface area contributed by atoms with Crippen LogP contribution < -0.4 is 16.1 Å². The quantitative estimate of drug-likeness (QED) is 0.841. The molecule has 6 nitrogen and oxygen atoms in total. The van der Waals surface area contributed by atoms with Gasteiger partial charge in [0.25, 0.3) is 5.56 Å². The summed E-state index contributed by atoms with van der Waals surface area (Å²) in [6.07, 6.45) is 0. The Balaban J connectivity index is 1.94. The lowest BCUT2D eigenvalue weighted by molar-refractivity contribution is 0.122. The molecule has 1 aliphatic heterocycles. The van der Waals surface area contributed by atoms with E-state index in [1.165, 1.54) is 6.07 Å². The Labute approximate surface area is 125 Å². The van der Waals surface area contributed by atoms with Gasteiger partial charge in [0.15, 0.2) is 0 Å². The van der Waals surface area contributed by atoms with Crippen LogP contribution in [0.3, 0.4) is 0 Å². The van der Waals surface area contributed by atoms with Crippen molar-refractivity contribution in [2.45, 2.75) is 0 Å². The summed E-state index contributed by atoms with van der Waals surface area (Å²) < 4.78 is 6.36. The highest BCUT2D eigenvalue weighted by atomic mass is 35.5. The van der Waals surface area contributed by atoms with Gasteiger partial charge < -0.3 is 9.64 Å². The summed E-state index contributed by atoms with van der Waals surface area (Å²) in [5.74, 6) is 0. The van der Waals surface area contributed by atoms with E-state index in [2.05, 4.69) is 9.88 Å². The van der Waals surface area contributed by atoms with Gasteiger partial charge in [0.2, 0.25) is 0 Å². The molecule has 0 atom stereocenters. The fraction of sp³-hybridized carbons (Fsp3) is 0.286. The maximum absolute atomic E-state index is 11.9. The average molecular weight is 308 g/mol. The summed E-state index contributed by atoms with van der Waals surface area (Å²) in [5, 5.41) is 0.0335. The number of hydrogen-bond acceptors (Lipinski definition) is 4. The van der Waals surface area contributed by atoms with Gasteiger partial charge >= 0.3 is 5.69 Å². The van der Waals surface area contributed by atoms with Crippen molar-refractivity contribution in [1.82, 2.24) is 9.55 Å². The first-order chi connectivity index (χ1) is 10.1. The molecule has 7 heteroatoms. The van der Waals surface area contributed by atoms with Gasteiger partial charge in [-0.3, -0.25) is 9.78 Å². The summed E-state index contributed by atoms with van der Waals surface area (Å²) in [4.78, 5) is 28.3. The molecule has 1 N–H and O–H groups in total. The van der Waals surface area contributed by atoms with Gasteiger partial charge in [-0.25, -0.2) is 9.36 Å². The first-order valence-electron chi connectivity index (χ1n) is 6.60. The van der Waals surface area contributed by atoms with Gasteiger partial charge in [0.05, 0.1) is 18.9 Å². The molecule has 0 bridgehead atoms. The van der Waals surface area contributed by atoms with E-state index in [0.717, 1.165) is 23.3 Å². The zero-order valence-corrected chi connectivity index (χ0v) is 12.0. The van der Waals surface area contributed by atoms with Crippen LogP contribution >= 0.6 is 11.6 Å². The van der Waals surface area contributed by atoms with Crippen molar-refractivity contribution in [2.75, 3.05) is 31.2 Å². The van der Waals surface area contributed by atoms with E-state index in [4.69, 9.17) is 16.3 Å². The van der Waals surface area contributed by atoms with Crippen LogP contribution in [0.5, 0.6) is 0 Å². The number of morpholine rings is 1. The highest BCUT2D eigenvalue weighted by molar-refractivity contribution is 6.29. The number of nitrogens with one attached hydrogen (secondary N) is 1. The molecule has 2 heterocycles. The topological polar surface area (TPSA) is 67.3 Å². The maximum atomic E-state index is 11.9. The zero-order valence-electron chi connectivity index (χ0n) is 11.2. The van der Waals surface area contributed by atoms with Crippen molar-refractivity contribution in [3.8, 4) is 5.69 Å². The standard InChI is InChI=1S/C14H14ClN3O3/c15-12-9-13(19)18(14(20)16-12)11-3-1-10(2-4-11)17-5-7-21-8-6-17/h1-4,9H,5-8H2,(H,16,20). The highest BCUT2D eigenvalue weighted by Crippen LogP contribution is 2.17. The van der Waals surface area contributed by atoms with E-state index in [1.807, 2.05) is 12.1 Å². The van der Waals surface area contributed by atoms with Crippen molar-refractivity contribution in [2.24, 2.45) is 0 Å². The molecule has 1 aromatic heterocycles. The zero-order chi connectivity index (χ0) is 14.8. The normalized spacial score (nSPS) is 15.2. The number of H-pyrrole nitrogens is 1. The molecule has 3 rings (SSSR count). The SMILES string of the molecule is O=c1cc(Cl)[nH]c(=O)n1-c1ccc(N2CCOCC2)cc1. The Bertz CT molecular complexity index is 714. The summed E-state index contributed by atoms with van der Waals surface area (Å²) in [7, 11) is 0. The number of aromatic nitrogens is 2. The third-order valence-corrected chi connectivity index (χ3v) is 3.59. The smallest absolute Gasteiger partial charge is 0.334 e. The molecule has 1 fully saturated rings. The van der Waals surface area contributed by atoms with E-state index in [9.17, 15) is 9.59 Å². The van der Waals surface area contributed by atoms with Crippen LogP contribution in [0.15, 0.2) is 39.9 Å². The molecule has 0 radical (unpaired) electrons. The molecule has 1 aromatic carbocycles. The van der Waals surface area contributed by atoms with Gasteiger partial charge in [-0.15, -0.1) is 0 Å². The fourth-order valence-electron chi connectivity index (χ4n) is 2.35. The lowest BCUT2D eigenvalue weighted by Crippen LogP contribution is -2.36. The Morgan fingerprint density at radius 2 is 1.67 bits per heavy atom. The second kappa shape index (κ2) is 5.75. The third-order valence-electron chi connectivity index (χ3n) is 3.38. The first kappa shape index (κ1) is 13.9. The molecule has 110 valence electrons. The molecular formula is C14H14ClN3O3. The molecule has 0 aliphatic carbocycles. The van der Waals surface area contributed by atoms with Crippen LogP contribution in [0, 0.1) is 0 Å². The van der Waals surface area contributed by atoms with E-state index in [1.54, 1.807) is 12.1 Å². The summed E-state index contributed by atoms with van der Waals surface area (Å²) in [5.41, 5.74) is 0.546. The molecule has 1 aliphatic rings. The minimum atomic E-state index is -0.549. The lowest BCUT2D eigenvalue weighted by atomic mass is 10.2. The Morgan fingerprint density at radius 1 is 1.05 bits per heavy atom. The molecule has 0 spiro atoms. The van der Waals surface area contributed by atoms with Crippen molar-refractivity contribution in [3.05, 3.63) is 56.3 Å². The lowest BCUT2D eigenvalue weighted by Gasteiger charge is -2.28. The van der Waals surface area contributed by atoms with Gasteiger partial charge in [-0.1, -0.05) is 11.6 Å². The minimum Gasteiger partial charge on any atom is -0.378 e. The number of benzene rings is 1. The van der Waals surface area contributed by atoms with Crippen LogP contribution in [-0.4, -0.2) is 35.9 Å². The summed E-state index contributed by atoms with van der Waals surface area (Å²) in [6.45, 7) is 3.08. The maximum Gasteiger partial charge on any atom is 0.334 e. The van der Waals surface area contributed by atoms with Crippen molar-refractivity contribution in [3.63, 3.8) is 0 Å². The minimum absolute atomic E-state index is 0.0335. The number of ether oxygens (including phenoxy) is 1. The van der Waals surface area contributed by atoms with Gasteiger partial charge in [-0.2, -0.15) is 0 Å². The summed E-state index contributed by atoms with van der Waals surface area (Å²) >= 11 is 5.65. The van der Waals surface area contributed by atoms with Crippen LogP contribution in [0.2, 0.25) is 5.15 Å². The predicted molar refractivity (Wildman–Crippen MR) is 80.7 cm³/mol. The third kappa shape index (κ3) is 2.86. The molecule has 21 heavy (non-hydrogen) atoms. The van der Waals surface area contributed by atoms with Crippen LogP contribution in [0.4, 0.5) is 5.69 Å². The number of anilines is 1. The molecule has 0 saturated carbocycles. The Hall–Kier alpha value is -2.05. The molecule has 0 amide bonds. The number of aromatic amines is 1. The van der Waals surface area contributed by atoms with Crippen molar-refractivity contribution < 1.29 is 4.74 Å². The van der Waals surface area contributed by atoms with Crippen LogP contribution in [0.1, 0.15) is 0 Å². The number of halogens is 1. The molecule has 0 unspecified atom stereocenters. The second-order valence-electron chi connectivity index (χ2n) is 4.71. The van der Waals surface area contributed by atoms with Crippen LogP contribution in [0.25, 0.3) is 5.69 Å². The van der Waals surface area contributed by atoms with Crippen molar-refractivity contribution in [1.29, 1.82) is 0 Å². The second-order valence-corrected chi connectivity index (χ2v) is 5.12. The van der Waals surface area contributed by atoms with Crippen molar-refractivity contribution >= 4 is 17.3 Å². The highest BCUT2D eigenvalue weighted by Gasteiger charge is 2.12. The van der Waals surface area contributed by atoms with E-state index in [-0.39, 0.29) is 5.15 Å². The van der Waals surface area contributed by atoms with Gasteiger partial charge in [0, 0.05) is 24.8 Å². The largest absolute Gasteiger partial charge is 0.378 e. The average Bonchev–Trinajstić information content (AvgIpc) is 2.48. The van der Waals surface area contributed by atoms with Gasteiger partial charge in [0.1, 0.15) is 5.15 Å². The monoisotopic (exact) mass is 307 g/mol. The van der Waals surface area contributed by atoms with E-state index < -0.39 is 11.2 Å². The Morgan fingerprint density at radius 3 is 2.29 bits per heavy atom. The van der Waals surface area contributed by atoms with E-state index in [0.29, 0.717) is 18.9 Å². The van der Waals surface area contributed by atoms with E-state index >= 15 is 0 Å². The molecular weight excluding hydrogens is 294 g/mol. The number of rotatable bonds is 2. The molecule has 1 saturated heterocycles. The predicted octanol–water partition coefficient (Wildman–Crippen LogP) is 1.02. The fourth-order valence-corrected chi connectivity index (χ4v) is 2.52. The first-order valence-corrected chi connectivity index (χ1v) is 6.98. The van der Waals surface area contributed by atoms with Crippen LogP contribution in [-0.2, 0) is 4.74 Å².